The molecule has 0 aliphatic carbocycles. The highest BCUT2D eigenvalue weighted by atomic mass is 14.9. The largest absolute Gasteiger partial charge is 0.386 e. The van der Waals surface area contributed by atoms with Crippen LogP contribution in [0.25, 0.3) is 67.1 Å². The number of fused-ring (bicyclic) bond motifs is 2. The average Bonchev–Trinajstić information content (AvgIpc) is 3.04. The van der Waals surface area contributed by atoms with Gasteiger partial charge in [-0.05, 0) is 24.3 Å². The van der Waals surface area contributed by atoms with Crippen LogP contribution < -0.4 is 5.32 Å². The summed E-state index contributed by atoms with van der Waals surface area (Å²) >= 11 is 0. The number of benzene rings is 5. The fraction of sp³-hybridized carbons (Fsp3) is 0.0286. The van der Waals surface area contributed by atoms with Crippen molar-refractivity contribution in [1.29, 1.82) is 0 Å². The first-order chi connectivity index (χ1) is 19.8. The van der Waals surface area contributed by atoms with E-state index in [2.05, 4.69) is 53.8 Å². The summed E-state index contributed by atoms with van der Waals surface area (Å²) in [5.74, 6) is 0. The SMILES string of the molecule is CNc1cccc2nc(-c3ccccc3)c(-c3ccc(-c4nc5ccccc5nc4-c4ccccc4)cc3)nc12. The maximum Gasteiger partial charge on any atom is 0.113 e. The number of hydrogen-bond donors (Lipinski definition) is 1. The highest BCUT2D eigenvalue weighted by Crippen LogP contribution is 2.35. The third-order valence-electron chi connectivity index (χ3n) is 7.06. The van der Waals surface area contributed by atoms with E-state index in [1.807, 2.05) is 85.9 Å². The normalized spacial score (nSPS) is 11.1. The minimum Gasteiger partial charge on any atom is -0.386 e. The molecule has 5 heteroatoms. The van der Waals surface area contributed by atoms with Crippen LogP contribution in [-0.4, -0.2) is 27.0 Å². The third kappa shape index (κ3) is 4.24. The standard InChI is InChI=1S/C35H25N5/c1-36-29-17-10-18-30-35(29)40-34(32(39-30)24-13-6-3-7-14-24)26-21-19-25(20-22-26)33-31(23-11-4-2-5-12-23)37-27-15-8-9-16-28(27)38-33/h2-22,36H,1H3. The van der Waals surface area contributed by atoms with Gasteiger partial charge in [0, 0.05) is 29.3 Å². The van der Waals surface area contributed by atoms with Gasteiger partial charge in [-0.2, -0.15) is 0 Å². The van der Waals surface area contributed by atoms with Crippen molar-refractivity contribution in [3.63, 3.8) is 0 Å². The van der Waals surface area contributed by atoms with Crippen molar-refractivity contribution in [1.82, 2.24) is 19.9 Å². The Morgan fingerprint density at radius 3 is 1.27 bits per heavy atom. The molecule has 5 aromatic carbocycles. The molecule has 0 atom stereocenters. The molecule has 2 heterocycles. The van der Waals surface area contributed by atoms with Crippen LogP contribution in [0, 0.1) is 0 Å². The summed E-state index contributed by atoms with van der Waals surface area (Å²) in [6, 6.07) is 42.9. The molecule has 0 aliphatic rings. The van der Waals surface area contributed by atoms with Gasteiger partial charge in [0.2, 0.25) is 0 Å². The number of rotatable bonds is 5. The average molecular weight is 516 g/mol. The number of nitrogens with one attached hydrogen (secondary N) is 1. The first-order valence-electron chi connectivity index (χ1n) is 13.3. The van der Waals surface area contributed by atoms with Gasteiger partial charge in [0.25, 0.3) is 0 Å². The lowest BCUT2D eigenvalue weighted by Gasteiger charge is -2.14. The van der Waals surface area contributed by atoms with Gasteiger partial charge in [-0.1, -0.05) is 103 Å². The van der Waals surface area contributed by atoms with Crippen molar-refractivity contribution in [2.45, 2.75) is 0 Å². The third-order valence-corrected chi connectivity index (χ3v) is 7.06. The molecule has 40 heavy (non-hydrogen) atoms. The number of anilines is 1. The summed E-state index contributed by atoms with van der Waals surface area (Å²) in [7, 11) is 1.91. The molecule has 7 rings (SSSR count). The fourth-order valence-corrected chi connectivity index (χ4v) is 5.06. The first-order valence-corrected chi connectivity index (χ1v) is 13.3. The van der Waals surface area contributed by atoms with Gasteiger partial charge in [0.1, 0.15) is 5.52 Å². The second-order valence-electron chi connectivity index (χ2n) is 9.56. The van der Waals surface area contributed by atoms with Crippen LogP contribution in [0.15, 0.2) is 127 Å². The monoisotopic (exact) mass is 515 g/mol. The maximum absolute atomic E-state index is 5.15. The van der Waals surface area contributed by atoms with E-state index in [1.54, 1.807) is 0 Å². The summed E-state index contributed by atoms with van der Waals surface area (Å²) in [4.78, 5) is 20.3. The Hall–Kier alpha value is -5.42. The molecule has 5 nitrogen and oxygen atoms in total. The van der Waals surface area contributed by atoms with Crippen LogP contribution in [0.4, 0.5) is 5.69 Å². The molecule has 0 bridgehead atoms. The van der Waals surface area contributed by atoms with Crippen molar-refractivity contribution in [3.8, 4) is 45.0 Å². The molecule has 2 aromatic heterocycles. The maximum atomic E-state index is 5.15. The van der Waals surface area contributed by atoms with Crippen molar-refractivity contribution < 1.29 is 0 Å². The van der Waals surface area contributed by atoms with Crippen molar-refractivity contribution in [2.24, 2.45) is 0 Å². The second-order valence-corrected chi connectivity index (χ2v) is 9.56. The molecule has 0 spiro atoms. The Morgan fingerprint density at radius 2 is 0.775 bits per heavy atom. The molecule has 7 aromatic rings. The zero-order chi connectivity index (χ0) is 26.9. The van der Waals surface area contributed by atoms with Crippen LogP contribution in [0.2, 0.25) is 0 Å². The molecule has 0 amide bonds. The van der Waals surface area contributed by atoms with Gasteiger partial charge in [0.15, 0.2) is 0 Å². The fourth-order valence-electron chi connectivity index (χ4n) is 5.06. The van der Waals surface area contributed by atoms with E-state index in [0.717, 1.165) is 72.8 Å². The van der Waals surface area contributed by atoms with Gasteiger partial charge >= 0.3 is 0 Å². The molecular formula is C35H25N5. The number of hydrogen-bond acceptors (Lipinski definition) is 5. The van der Waals surface area contributed by atoms with Crippen molar-refractivity contribution in [2.75, 3.05) is 12.4 Å². The van der Waals surface area contributed by atoms with Crippen LogP contribution in [0.5, 0.6) is 0 Å². The zero-order valence-corrected chi connectivity index (χ0v) is 21.9. The van der Waals surface area contributed by atoms with Crippen molar-refractivity contribution >= 4 is 27.8 Å². The lowest BCUT2D eigenvalue weighted by atomic mass is 9.99. The Labute approximate surface area is 232 Å². The van der Waals surface area contributed by atoms with Crippen LogP contribution in [0.3, 0.4) is 0 Å². The van der Waals surface area contributed by atoms with Gasteiger partial charge in [-0.25, -0.2) is 19.9 Å². The highest BCUT2D eigenvalue weighted by molar-refractivity contribution is 5.93. The zero-order valence-electron chi connectivity index (χ0n) is 21.9. The molecule has 0 saturated heterocycles. The molecule has 0 aliphatic heterocycles. The van der Waals surface area contributed by atoms with Gasteiger partial charge in [-0.3, -0.25) is 0 Å². The predicted molar refractivity (Wildman–Crippen MR) is 164 cm³/mol. The molecular weight excluding hydrogens is 490 g/mol. The molecule has 190 valence electrons. The number of aromatic nitrogens is 4. The molecule has 0 unspecified atom stereocenters. The molecule has 1 N–H and O–H groups in total. The summed E-state index contributed by atoms with van der Waals surface area (Å²) in [5.41, 5.74) is 11.8. The van der Waals surface area contributed by atoms with Crippen LogP contribution in [-0.2, 0) is 0 Å². The summed E-state index contributed by atoms with van der Waals surface area (Å²) in [6.45, 7) is 0. The second kappa shape index (κ2) is 10.0. The topological polar surface area (TPSA) is 63.6 Å². The van der Waals surface area contributed by atoms with Crippen LogP contribution >= 0.6 is 0 Å². The lowest BCUT2D eigenvalue weighted by molar-refractivity contribution is 1.28. The molecule has 0 fully saturated rings. The van der Waals surface area contributed by atoms with E-state index in [4.69, 9.17) is 19.9 Å². The van der Waals surface area contributed by atoms with Crippen LogP contribution in [0.1, 0.15) is 0 Å². The molecule has 0 saturated carbocycles. The smallest absolute Gasteiger partial charge is 0.113 e. The van der Waals surface area contributed by atoms with Crippen molar-refractivity contribution in [3.05, 3.63) is 127 Å². The van der Waals surface area contributed by atoms with E-state index in [0.29, 0.717) is 0 Å². The highest BCUT2D eigenvalue weighted by Gasteiger charge is 2.17. The van der Waals surface area contributed by atoms with Gasteiger partial charge in [0.05, 0.1) is 45.0 Å². The Balaban J connectivity index is 1.40. The van der Waals surface area contributed by atoms with E-state index in [1.165, 1.54) is 0 Å². The Bertz CT molecular complexity index is 1970. The number of nitrogens with zero attached hydrogens (tertiary/aromatic N) is 4. The van der Waals surface area contributed by atoms with E-state index < -0.39 is 0 Å². The first kappa shape index (κ1) is 23.7. The Morgan fingerprint density at radius 1 is 0.375 bits per heavy atom. The molecule has 0 radical (unpaired) electrons. The quantitative estimate of drug-likeness (QED) is 0.250. The summed E-state index contributed by atoms with van der Waals surface area (Å²) in [6.07, 6.45) is 0. The minimum absolute atomic E-state index is 0.834. The van der Waals surface area contributed by atoms with Gasteiger partial charge in [-0.15, -0.1) is 0 Å². The number of para-hydroxylation sites is 3. The summed E-state index contributed by atoms with van der Waals surface area (Å²) in [5, 5.41) is 3.26. The lowest BCUT2D eigenvalue weighted by Crippen LogP contribution is -1.99. The van der Waals surface area contributed by atoms with E-state index >= 15 is 0 Å². The Kier molecular flexibility index (Phi) is 5.94. The van der Waals surface area contributed by atoms with Gasteiger partial charge < -0.3 is 5.32 Å². The van der Waals surface area contributed by atoms with E-state index in [-0.39, 0.29) is 0 Å². The summed E-state index contributed by atoms with van der Waals surface area (Å²) < 4.78 is 0. The predicted octanol–water partition coefficient (Wildman–Crippen LogP) is 8.28. The van der Waals surface area contributed by atoms with E-state index in [9.17, 15) is 0 Å². The minimum atomic E-state index is 0.834.